The summed E-state index contributed by atoms with van der Waals surface area (Å²) in [5, 5.41) is 15.3. The average molecular weight is 401 g/mol. The molecule has 160 valence electrons. The zero-order valence-corrected chi connectivity index (χ0v) is 18.5. The van der Waals surface area contributed by atoms with Crippen LogP contribution in [0, 0.1) is 6.92 Å². The van der Waals surface area contributed by atoms with Gasteiger partial charge >= 0.3 is 0 Å². The molecule has 7 nitrogen and oxygen atoms in total. The Morgan fingerprint density at radius 3 is 2.55 bits per heavy atom. The summed E-state index contributed by atoms with van der Waals surface area (Å²) in [6, 6.07) is 8.37. The summed E-state index contributed by atoms with van der Waals surface area (Å²) in [4.78, 5) is 4.78. The highest BCUT2D eigenvalue weighted by molar-refractivity contribution is 5.80. The van der Waals surface area contributed by atoms with E-state index in [4.69, 9.17) is 9.73 Å². The van der Waals surface area contributed by atoms with E-state index in [9.17, 15) is 0 Å². The van der Waals surface area contributed by atoms with Crippen molar-refractivity contribution in [3.05, 3.63) is 41.5 Å². The molecule has 0 saturated heterocycles. The summed E-state index contributed by atoms with van der Waals surface area (Å²) in [6.07, 6.45) is 6.21. The monoisotopic (exact) mass is 400 g/mol. The first-order valence-corrected chi connectivity index (χ1v) is 10.6. The van der Waals surface area contributed by atoms with Crippen LogP contribution in [0.3, 0.4) is 0 Å². The fraction of sp³-hybridized carbons (Fsp3) is 0.591. The largest absolute Gasteiger partial charge is 0.497 e. The summed E-state index contributed by atoms with van der Waals surface area (Å²) in [7, 11) is 3.65. The molecule has 2 aromatic rings. The van der Waals surface area contributed by atoms with Gasteiger partial charge in [-0.15, -0.1) is 10.2 Å². The van der Waals surface area contributed by atoms with Crippen molar-refractivity contribution in [2.24, 2.45) is 12.0 Å². The molecule has 0 amide bonds. The Labute approximate surface area is 175 Å². The maximum Gasteiger partial charge on any atom is 0.192 e. The van der Waals surface area contributed by atoms with Gasteiger partial charge in [0.05, 0.1) is 20.2 Å². The van der Waals surface area contributed by atoms with Crippen molar-refractivity contribution < 1.29 is 4.74 Å². The number of unbranched alkanes of at least 4 members (excludes halogenated alkanes) is 3. The summed E-state index contributed by atoms with van der Waals surface area (Å²) < 4.78 is 7.22. The normalized spacial score (nSPS) is 12.7. The number of benzene rings is 1. The Bertz CT molecular complexity index is 753. The van der Waals surface area contributed by atoms with Crippen molar-refractivity contribution in [3.8, 4) is 5.75 Å². The lowest BCUT2D eigenvalue weighted by Crippen LogP contribution is -2.42. The molecule has 2 rings (SSSR count). The number of methoxy groups -OCH3 is 1. The highest BCUT2D eigenvalue weighted by Gasteiger charge is 2.09. The summed E-state index contributed by atoms with van der Waals surface area (Å²) in [5.74, 6) is 3.44. The minimum Gasteiger partial charge on any atom is -0.497 e. The number of hydrogen-bond acceptors (Lipinski definition) is 4. The van der Waals surface area contributed by atoms with Crippen molar-refractivity contribution in [1.29, 1.82) is 0 Å². The highest BCUT2D eigenvalue weighted by Crippen LogP contribution is 2.12. The SMILES string of the molecule is CCCCCCC(C)NC(=NCc1ccc(OC)cc1)NCc1nnc(C)n1C. The Hall–Kier alpha value is -2.57. The van der Waals surface area contributed by atoms with Gasteiger partial charge in [-0.1, -0.05) is 44.7 Å². The predicted octanol–water partition coefficient (Wildman–Crippen LogP) is 3.73. The molecule has 0 aliphatic heterocycles. The van der Waals surface area contributed by atoms with Crippen LogP contribution < -0.4 is 15.4 Å². The van der Waals surface area contributed by atoms with Crippen molar-refractivity contribution in [2.45, 2.75) is 72.0 Å². The smallest absolute Gasteiger partial charge is 0.192 e. The van der Waals surface area contributed by atoms with Crippen LogP contribution in [-0.4, -0.2) is 33.9 Å². The van der Waals surface area contributed by atoms with Gasteiger partial charge in [0.25, 0.3) is 0 Å². The Balaban J connectivity index is 1.99. The molecule has 0 radical (unpaired) electrons. The van der Waals surface area contributed by atoms with Crippen LogP contribution in [0.25, 0.3) is 0 Å². The second kappa shape index (κ2) is 12.1. The van der Waals surface area contributed by atoms with E-state index in [1.54, 1.807) is 7.11 Å². The number of nitrogens with one attached hydrogen (secondary N) is 2. The van der Waals surface area contributed by atoms with Crippen LogP contribution in [0.2, 0.25) is 0 Å². The third kappa shape index (κ3) is 7.75. The lowest BCUT2D eigenvalue weighted by molar-refractivity contribution is 0.414. The van der Waals surface area contributed by atoms with Gasteiger partial charge in [-0.3, -0.25) is 0 Å². The van der Waals surface area contributed by atoms with E-state index in [0.717, 1.165) is 35.3 Å². The second-order valence-corrected chi connectivity index (χ2v) is 7.48. The molecule has 0 bridgehead atoms. The zero-order valence-electron chi connectivity index (χ0n) is 18.5. The van der Waals surface area contributed by atoms with Gasteiger partial charge in [-0.2, -0.15) is 0 Å². The standard InChI is InChI=1S/C22H36N6O/c1-6-7-8-9-10-17(2)25-22(24-16-21-27-26-18(3)28(21)4)23-15-19-11-13-20(29-5)14-12-19/h11-14,17H,6-10,15-16H2,1-5H3,(H2,23,24,25). The highest BCUT2D eigenvalue weighted by atomic mass is 16.5. The molecule has 0 saturated carbocycles. The number of aryl methyl sites for hydroxylation is 1. The number of ether oxygens (including phenoxy) is 1. The first-order valence-electron chi connectivity index (χ1n) is 10.6. The summed E-state index contributed by atoms with van der Waals surface area (Å²) >= 11 is 0. The molecule has 1 unspecified atom stereocenters. The summed E-state index contributed by atoms with van der Waals surface area (Å²) in [5.41, 5.74) is 1.14. The number of aromatic nitrogens is 3. The Morgan fingerprint density at radius 2 is 1.93 bits per heavy atom. The van der Waals surface area contributed by atoms with Crippen LogP contribution in [-0.2, 0) is 20.1 Å². The van der Waals surface area contributed by atoms with E-state index >= 15 is 0 Å². The Morgan fingerprint density at radius 1 is 1.17 bits per heavy atom. The fourth-order valence-corrected chi connectivity index (χ4v) is 3.00. The maximum absolute atomic E-state index is 5.23. The van der Waals surface area contributed by atoms with E-state index in [1.807, 2.05) is 42.8 Å². The molecule has 1 atom stereocenters. The minimum atomic E-state index is 0.357. The lowest BCUT2D eigenvalue weighted by Gasteiger charge is -2.18. The quantitative estimate of drug-likeness (QED) is 0.341. The number of guanidine groups is 1. The van der Waals surface area contributed by atoms with Gasteiger partial charge in [0.15, 0.2) is 11.8 Å². The number of nitrogens with zero attached hydrogens (tertiary/aromatic N) is 4. The molecule has 2 N–H and O–H groups in total. The molecule has 29 heavy (non-hydrogen) atoms. The molecule has 7 heteroatoms. The topological polar surface area (TPSA) is 76.4 Å². The number of rotatable bonds is 11. The van der Waals surface area contributed by atoms with E-state index in [-0.39, 0.29) is 0 Å². The van der Waals surface area contributed by atoms with Crippen LogP contribution in [0.4, 0.5) is 0 Å². The minimum absolute atomic E-state index is 0.357. The first-order chi connectivity index (χ1) is 14.0. The van der Waals surface area contributed by atoms with Crippen LogP contribution in [0.15, 0.2) is 29.3 Å². The molecular weight excluding hydrogens is 364 g/mol. The van der Waals surface area contributed by atoms with E-state index < -0.39 is 0 Å². The van der Waals surface area contributed by atoms with Crippen LogP contribution in [0.1, 0.15) is 63.2 Å². The van der Waals surface area contributed by atoms with E-state index in [2.05, 4.69) is 34.7 Å². The van der Waals surface area contributed by atoms with Crippen molar-refractivity contribution >= 4 is 5.96 Å². The molecule has 0 fully saturated rings. The number of hydrogen-bond donors (Lipinski definition) is 2. The van der Waals surface area contributed by atoms with Crippen LogP contribution in [0.5, 0.6) is 5.75 Å². The van der Waals surface area contributed by atoms with Crippen molar-refractivity contribution in [2.75, 3.05) is 7.11 Å². The van der Waals surface area contributed by atoms with Gasteiger partial charge in [0.2, 0.25) is 0 Å². The van der Waals surface area contributed by atoms with Crippen molar-refractivity contribution in [3.63, 3.8) is 0 Å². The molecule has 0 aliphatic rings. The third-order valence-corrected chi connectivity index (χ3v) is 5.05. The third-order valence-electron chi connectivity index (χ3n) is 5.05. The maximum atomic E-state index is 5.23. The predicted molar refractivity (Wildman–Crippen MR) is 118 cm³/mol. The van der Waals surface area contributed by atoms with Gasteiger partial charge in [0.1, 0.15) is 11.6 Å². The van der Waals surface area contributed by atoms with Gasteiger partial charge < -0.3 is 19.9 Å². The molecule has 1 aromatic heterocycles. The van der Waals surface area contributed by atoms with Gasteiger partial charge in [-0.05, 0) is 38.0 Å². The number of aliphatic imine (C=N–C) groups is 1. The molecule has 1 aromatic carbocycles. The van der Waals surface area contributed by atoms with E-state index in [1.165, 1.54) is 25.7 Å². The van der Waals surface area contributed by atoms with Crippen LogP contribution >= 0.6 is 0 Å². The lowest BCUT2D eigenvalue weighted by atomic mass is 10.1. The van der Waals surface area contributed by atoms with Gasteiger partial charge in [0, 0.05) is 13.1 Å². The van der Waals surface area contributed by atoms with Gasteiger partial charge in [-0.25, -0.2) is 4.99 Å². The molecular formula is C22H36N6O. The zero-order chi connectivity index (χ0) is 21.1. The Kier molecular flexibility index (Phi) is 9.47. The molecule has 0 aliphatic carbocycles. The molecule has 0 spiro atoms. The average Bonchev–Trinajstić information content (AvgIpc) is 3.05. The molecule has 1 heterocycles. The van der Waals surface area contributed by atoms with E-state index in [0.29, 0.717) is 19.1 Å². The summed E-state index contributed by atoms with van der Waals surface area (Å²) in [6.45, 7) is 7.58. The second-order valence-electron chi connectivity index (χ2n) is 7.48. The first kappa shape index (κ1) is 22.7. The van der Waals surface area contributed by atoms with Crippen molar-refractivity contribution in [1.82, 2.24) is 25.4 Å². The fourth-order valence-electron chi connectivity index (χ4n) is 3.00.